The van der Waals surface area contributed by atoms with Crippen LogP contribution < -0.4 is 5.32 Å². The van der Waals surface area contributed by atoms with Crippen molar-refractivity contribution in [2.75, 3.05) is 6.54 Å². The predicted molar refractivity (Wildman–Crippen MR) is 71.4 cm³/mol. The highest BCUT2D eigenvalue weighted by atomic mass is 19.1. The summed E-state index contributed by atoms with van der Waals surface area (Å²) in [6.07, 6.45) is 3.42. The van der Waals surface area contributed by atoms with Crippen LogP contribution in [0.3, 0.4) is 0 Å². The number of pyridine rings is 1. The van der Waals surface area contributed by atoms with Gasteiger partial charge in [0.1, 0.15) is 11.9 Å². The number of carbonyl (C=O) groups is 1. The van der Waals surface area contributed by atoms with E-state index in [1.54, 1.807) is 12.1 Å². The number of nitrogens with one attached hydrogen (secondary N) is 1. The fraction of sp³-hybridized carbons (Fsp3) is 0.133. The molecule has 1 heterocycles. The van der Waals surface area contributed by atoms with Crippen molar-refractivity contribution in [1.82, 2.24) is 10.3 Å². The van der Waals surface area contributed by atoms with E-state index in [0.717, 1.165) is 5.56 Å². The molecule has 1 amide bonds. The maximum Gasteiger partial charge on any atom is 0.254 e. The third-order valence-corrected chi connectivity index (χ3v) is 2.80. The molecular weight excluding hydrogens is 257 g/mol. The summed E-state index contributed by atoms with van der Waals surface area (Å²) in [5, 5.41) is 11.6. The molecule has 0 aliphatic rings. The molecule has 0 aliphatic carbocycles. The summed E-state index contributed by atoms with van der Waals surface area (Å²) < 4.78 is 12.7. The molecule has 0 fully saturated rings. The van der Waals surface area contributed by atoms with E-state index in [1.165, 1.54) is 30.6 Å². The van der Waals surface area contributed by atoms with E-state index in [1.807, 2.05) is 6.07 Å². The topological polar surface area (TPSA) is 65.8 Å². The average molecular weight is 269 g/mol. The van der Waals surface area contributed by atoms with Crippen LogP contribution in [0.1, 0.15) is 21.5 Å². The van der Waals surface area contributed by atoms with Gasteiger partial charge in [0.25, 0.3) is 5.91 Å². The van der Waals surface area contributed by atoms with E-state index >= 15 is 0 Å². The highest BCUT2D eigenvalue weighted by Crippen LogP contribution is 2.06. The first kappa shape index (κ1) is 13.7. The molecule has 5 heteroatoms. The Balaban J connectivity index is 1.93. The maximum atomic E-state index is 12.7. The molecule has 1 aromatic carbocycles. The number of rotatable bonds is 4. The van der Waals surface area contributed by atoms with Gasteiger partial charge in [-0.3, -0.25) is 9.78 Å². The Labute approximate surface area is 115 Å². The van der Waals surface area contributed by atoms with Crippen molar-refractivity contribution >= 4 is 5.91 Å². The average Bonchev–Trinajstić information content (AvgIpc) is 2.49. The SMILES string of the molecule is N#Cc1ccncc1C(=O)NCCc1ccc(F)cc1. The monoisotopic (exact) mass is 269 g/mol. The van der Waals surface area contributed by atoms with Crippen molar-refractivity contribution in [3.05, 3.63) is 65.2 Å². The summed E-state index contributed by atoms with van der Waals surface area (Å²) in [6.45, 7) is 0.407. The van der Waals surface area contributed by atoms with Gasteiger partial charge >= 0.3 is 0 Å². The fourth-order valence-electron chi connectivity index (χ4n) is 1.74. The number of nitrogens with zero attached hydrogens (tertiary/aromatic N) is 2. The number of aromatic nitrogens is 1. The number of amides is 1. The van der Waals surface area contributed by atoms with Crippen molar-refractivity contribution in [2.45, 2.75) is 6.42 Å². The molecule has 0 saturated carbocycles. The maximum absolute atomic E-state index is 12.7. The van der Waals surface area contributed by atoms with Crippen LogP contribution in [0.5, 0.6) is 0 Å². The summed E-state index contributed by atoms with van der Waals surface area (Å²) in [5.74, 6) is -0.622. The van der Waals surface area contributed by atoms with Crippen molar-refractivity contribution in [3.8, 4) is 6.07 Å². The van der Waals surface area contributed by atoms with Crippen LogP contribution in [0.4, 0.5) is 4.39 Å². The van der Waals surface area contributed by atoms with E-state index in [0.29, 0.717) is 18.5 Å². The Morgan fingerprint density at radius 3 is 2.75 bits per heavy atom. The third kappa shape index (κ3) is 3.39. The quantitative estimate of drug-likeness (QED) is 0.924. The second kappa shape index (κ2) is 6.43. The first-order valence-electron chi connectivity index (χ1n) is 6.07. The van der Waals surface area contributed by atoms with Gasteiger partial charge < -0.3 is 5.32 Å². The van der Waals surface area contributed by atoms with Gasteiger partial charge in [0.15, 0.2) is 0 Å². The summed E-state index contributed by atoms with van der Waals surface area (Å²) in [7, 11) is 0. The molecule has 2 aromatic rings. The number of benzene rings is 1. The predicted octanol–water partition coefficient (Wildman–Crippen LogP) is 2.06. The molecule has 20 heavy (non-hydrogen) atoms. The van der Waals surface area contributed by atoms with Gasteiger partial charge in [-0.15, -0.1) is 0 Å². The lowest BCUT2D eigenvalue weighted by Crippen LogP contribution is -2.26. The zero-order chi connectivity index (χ0) is 14.4. The minimum Gasteiger partial charge on any atom is -0.352 e. The lowest BCUT2D eigenvalue weighted by atomic mass is 10.1. The van der Waals surface area contributed by atoms with Crippen molar-refractivity contribution in [3.63, 3.8) is 0 Å². The van der Waals surface area contributed by atoms with Gasteiger partial charge in [0, 0.05) is 18.9 Å². The molecule has 0 aliphatic heterocycles. The van der Waals surface area contributed by atoms with Gasteiger partial charge in [-0.1, -0.05) is 12.1 Å². The van der Waals surface area contributed by atoms with E-state index in [2.05, 4.69) is 10.3 Å². The van der Waals surface area contributed by atoms with Gasteiger partial charge in [-0.2, -0.15) is 5.26 Å². The molecule has 2 rings (SSSR count). The number of carbonyl (C=O) groups excluding carboxylic acids is 1. The Hall–Kier alpha value is -2.74. The molecule has 100 valence electrons. The van der Waals surface area contributed by atoms with E-state index < -0.39 is 0 Å². The van der Waals surface area contributed by atoms with Crippen LogP contribution in [0.25, 0.3) is 0 Å². The van der Waals surface area contributed by atoms with Gasteiger partial charge in [0.05, 0.1) is 11.1 Å². The summed E-state index contributed by atoms with van der Waals surface area (Å²) >= 11 is 0. The third-order valence-electron chi connectivity index (χ3n) is 2.80. The highest BCUT2D eigenvalue weighted by molar-refractivity contribution is 5.96. The minimum absolute atomic E-state index is 0.258. The molecule has 0 bridgehead atoms. The number of hydrogen-bond acceptors (Lipinski definition) is 3. The molecule has 0 radical (unpaired) electrons. The van der Waals surface area contributed by atoms with Crippen LogP contribution in [0, 0.1) is 17.1 Å². The highest BCUT2D eigenvalue weighted by Gasteiger charge is 2.10. The summed E-state index contributed by atoms with van der Waals surface area (Å²) in [5.41, 5.74) is 1.48. The van der Waals surface area contributed by atoms with E-state index in [4.69, 9.17) is 5.26 Å². The minimum atomic E-state index is -0.336. The Bertz CT molecular complexity index is 647. The molecule has 0 saturated heterocycles. The van der Waals surface area contributed by atoms with Crippen molar-refractivity contribution in [1.29, 1.82) is 5.26 Å². The Morgan fingerprint density at radius 1 is 1.30 bits per heavy atom. The fourth-order valence-corrected chi connectivity index (χ4v) is 1.74. The first-order valence-corrected chi connectivity index (χ1v) is 6.07. The second-order valence-electron chi connectivity index (χ2n) is 4.17. The first-order chi connectivity index (χ1) is 9.70. The normalized spacial score (nSPS) is 9.80. The van der Waals surface area contributed by atoms with Crippen LogP contribution in [0.15, 0.2) is 42.7 Å². The van der Waals surface area contributed by atoms with E-state index in [-0.39, 0.29) is 17.3 Å². The molecule has 1 aromatic heterocycles. The number of hydrogen-bond donors (Lipinski definition) is 1. The van der Waals surface area contributed by atoms with Crippen LogP contribution in [-0.4, -0.2) is 17.4 Å². The largest absolute Gasteiger partial charge is 0.352 e. The van der Waals surface area contributed by atoms with Gasteiger partial charge in [0.2, 0.25) is 0 Å². The van der Waals surface area contributed by atoms with Crippen LogP contribution >= 0.6 is 0 Å². The molecule has 0 spiro atoms. The number of halogens is 1. The summed E-state index contributed by atoms with van der Waals surface area (Å²) in [6, 6.07) is 9.55. The molecule has 4 nitrogen and oxygen atoms in total. The van der Waals surface area contributed by atoms with Gasteiger partial charge in [-0.05, 0) is 30.2 Å². The van der Waals surface area contributed by atoms with Crippen molar-refractivity contribution in [2.24, 2.45) is 0 Å². The Kier molecular flexibility index (Phi) is 4.40. The molecular formula is C15H12FN3O. The van der Waals surface area contributed by atoms with Crippen LogP contribution in [-0.2, 0) is 6.42 Å². The van der Waals surface area contributed by atoms with Crippen LogP contribution in [0.2, 0.25) is 0 Å². The molecule has 0 atom stereocenters. The van der Waals surface area contributed by atoms with Crippen molar-refractivity contribution < 1.29 is 9.18 Å². The lowest BCUT2D eigenvalue weighted by molar-refractivity contribution is 0.0953. The molecule has 0 unspecified atom stereocenters. The smallest absolute Gasteiger partial charge is 0.254 e. The zero-order valence-corrected chi connectivity index (χ0v) is 10.6. The Morgan fingerprint density at radius 2 is 2.05 bits per heavy atom. The van der Waals surface area contributed by atoms with Gasteiger partial charge in [-0.25, -0.2) is 4.39 Å². The van der Waals surface area contributed by atoms with E-state index in [9.17, 15) is 9.18 Å². The number of nitriles is 1. The standard InChI is InChI=1S/C15H12FN3O/c16-13-3-1-11(2-4-13)5-8-19-15(20)14-10-18-7-6-12(14)9-17/h1-4,6-7,10H,5,8H2,(H,19,20). The second-order valence-corrected chi connectivity index (χ2v) is 4.17. The lowest BCUT2D eigenvalue weighted by Gasteiger charge is -2.06. The summed E-state index contributed by atoms with van der Waals surface area (Å²) in [4.78, 5) is 15.7. The molecule has 1 N–H and O–H groups in total. The zero-order valence-electron chi connectivity index (χ0n) is 10.6.